The number of nitrogens with zero attached hydrogens (tertiary/aromatic N) is 2. The highest BCUT2D eigenvalue weighted by Gasteiger charge is 2.19. The molecule has 0 saturated heterocycles. The molecular weight excluding hydrogens is 298 g/mol. The standard InChI is InChI=1S/C17H14ClN3O/c18-14-3-1-2-12(10-14)4-5-16-20-15(17(22)21-16)11-13-6-8-19-9-7-13/h1-3,6-11H,4-5H2,(H,20,21,22)/b15-11+. The van der Waals surface area contributed by atoms with E-state index in [4.69, 9.17) is 11.6 Å². The SMILES string of the molecule is O=C1NC(CCc2cccc(Cl)c2)=N/C1=C/c1ccncc1. The average Bonchev–Trinajstić information content (AvgIpc) is 2.87. The zero-order valence-electron chi connectivity index (χ0n) is 11.8. The molecule has 1 aromatic carbocycles. The molecule has 5 heteroatoms. The topological polar surface area (TPSA) is 54.4 Å². The maximum absolute atomic E-state index is 11.9. The number of nitrogens with one attached hydrogen (secondary N) is 1. The molecule has 2 aromatic rings. The molecule has 0 unspecified atom stereocenters. The predicted octanol–water partition coefficient (Wildman–Crippen LogP) is 3.24. The Hall–Kier alpha value is -2.46. The van der Waals surface area contributed by atoms with Crippen LogP contribution in [-0.2, 0) is 11.2 Å². The second-order valence-electron chi connectivity index (χ2n) is 4.95. The summed E-state index contributed by atoms with van der Waals surface area (Å²) >= 11 is 5.96. The number of amides is 1. The molecule has 1 amide bonds. The summed E-state index contributed by atoms with van der Waals surface area (Å²) in [4.78, 5) is 20.2. The Morgan fingerprint density at radius 1 is 1.14 bits per heavy atom. The van der Waals surface area contributed by atoms with E-state index < -0.39 is 0 Å². The van der Waals surface area contributed by atoms with E-state index in [0.717, 1.165) is 17.5 Å². The zero-order chi connectivity index (χ0) is 15.4. The molecule has 0 atom stereocenters. The largest absolute Gasteiger partial charge is 0.309 e. The van der Waals surface area contributed by atoms with Crippen molar-refractivity contribution >= 4 is 29.4 Å². The van der Waals surface area contributed by atoms with Gasteiger partial charge in [0.25, 0.3) is 5.91 Å². The van der Waals surface area contributed by atoms with Gasteiger partial charge in [-0.15, -0.1) is 0 Å². The lowest BCUT2D eigenvalue weighted by Crippen LogP contribution is -2.24. The number of halogens is 1. The lowest BCUT2D eigenvalue weighted by Gasteiger charge is -2.01. The van der Waals surface area contributed by atoms with Crippen molar-refractivity contribution < 1.29 is 4.79 Å². The number of carbonyl (C=O) groups excluding carboxylic acids is 1. The van der Waals surface area contributed by atoms with Gasteiger partial charge in [0.2, 0.25) is 0 Å². The zero-order valence-corrected chi connectivity index (χ0v) is 12.5. The molecule has 2 heterocycles. The van der Waals surface area contributed by atoms with Crippen LogP contribution in [0.2, 0.25) is 5.02 Å². The van der Waals surface area contributed by atoms with Crippen molar-refractivity contribution in [2.45, 2.75) is 12.8 Å². The van der Waals surface area contributed by atoms with E-state index in [1.165, 1.54) is 0 Å². The number of aromatic nitrogens is 1. The number of pyridine rings is 1. The van der Waals surface area contributed by atoms with Crippen LogP contribution < -0.4 is 5.32 Å². The monoisotopic (exact) mass is 311 g/mol. The normalized spacial score (nSPS) is 15.8. The van der Waals surface area contributed by atoms with Crippen molar-refractivity contribution in [2.24, 2.45) is 4.99 Å². The Morgan fingerprint density at radius 2 is 1.95 bits per heavy atom. The summed E-state index contributed by atoms with van der Waals surface area (Å²) in [7, 11) is 0. The number of aryl methyl sites for hydroxylation is 1. The maximum Gasteiger partial charge on any atom is 0.275 e. The van der Waals surface area contributed by atoms with Gasteiger partial charge < -0.3 is 5.32 Å². The molecule has 3 rings (SSSR count). The van der Waals surface area contributed by atoms with E-state index in [-0.39, 0.29) is 5.91 Å². The van der Waals surface area contributed by atoms with Crippen LogP contribution in [0, 0.1) is 0 Å². The van der Waals surface area contributed by atoms with Crippen molar-refractivity contribution in [3.63, 3.8) is 0 Å². The minimum Gasteiger partial charge on any atom is -0.309 e. The summed E-state index contributed by atoms with van der Waals surface area (Å²) in [6.07, 6.45) is 6.57. The molecule has 0 fully saturated rings. The van der Waals surface area contributed by atoms with Gasteiger partial charge in [-0.05, 0) is 47.9 Å². The predicted molar refractivity (Wildman–Crippen MR) is 87.6 cm³/mol. The molecule has 0 radical (unpaired) electrons. The first kappa shape index (κ1) is 14.5. The summed E-state index contributed by atoms with van der Waals surface area (Å²) in [5.74, 6) is 0.517. The van der Waals surface area contributed by atoms with Crippen LogP contribution in [0.3, 0.4) is 0 Å². The quantitative estimate of drug-likeness (QED) is 0.881. The lowest BCUT2D eigenvalue weighted by molar-refractivity contribution is -0.115. The molecule has 22 heavy (non-hydrogen) atoms. The fourth-order valence-corrected chi connectivity index (χ4v) is 2.42. The van der Waals surface area contributed by atoms with Gasteiger partial charge in [0.15, 0.2) is 0 Å². The van der Waals surface area contributed by atoms with E-state index in [9.17, 15) is 4.79 Å². The van der Waals surface area contributed by atoms with Crippen molar-refractivity contribution in [3.05, 3.63) is 70.6 Å². The van der Waals surface area contributed by atoms with Crippen molar-refractivity contribution in [2.75, 3.05) is 0 Å². The Bertz CT molecular complexity index is 754. The molecular formula is C17H14ClN3O. The maximum atomic E-state index is 11.9. The van der Waals surface area contributed by atoms with Crippen LogP contribution in [0.5, 0.6) is 0 Å². The molecule has 0 bridgehead atoms. The first-order valence-electron chi connectivity index (χ1n) is 6.96. The van der Waals surface area contributed by atoms with Crippen LogP contribution in [0.4, 0.5) is 0 Å². The highest BCUT2D eigenvalue weighted by Crippen LogP contribution is 2.15. The van der Waals surface area contributed by atoms with Gasteiger partial charge in [0, 0.05) is 23.8 Å². The van der Waals surface area contributed by atoms with Gasteiger partial charge in [-0.2, -0.15) is 0 Å². The lowest BCUT2D eigenvalue weighted by atomic mass is 10.1. The molecule has 0 spiro atoms. The Balaban J connectivity index is 1.69. The molecule has 4 nitrogen and oxygen atoms in total. The molecule has 1 aliphatic heterocycles. The van der Waals surface area contributed by atoms with Crippen LogP contribution >= 0.6 is 11.6 Å². The van der Waals surface area contributed by atoms with Gasteiger partial charge in [0.1, 0.15) is 11.5 Å². The molecule has 1 N–H and O–H groups in total. The average molecular weight is 312 g/mol. The Morgan fingerprint density at radius 3 is 2.73 bits per heavy atom. The fraction of sp³-hybridized carbons (Fsp3) is 0.118. The van der Waals surface area contributed by atoms with E-state index in [0.29, 0.717) is 23.0 Å². The van der Waals surface area contributed by atoms with Gasteiger partial charge in [-0.3, -0.25) is 9.78 Å². The molecule has 1 aliphatic rings. The Kier molecular flexibility index (Phi) is 4.30. The number of carbonyl (C=O) groups is 1. The number of hydrogen-bond acceptors (Lipinski definition) is 3. The number of aliphatic imine (C=N–C) groups is 1. The fourth-order valence-electron chi connectivity index (χ4n) is 2.21. The minimum absolute atomic E-state index is 0.169. The van der Waals surface area contributed by atoms with Gasteiger partial charge in [-0.25, -0.2) is 4.99 Å². The smallest absolute Gasteiger partial charge is 0.275 e. The molecule has 110 valence electrons. The van der Waals surface area contributed by atoms with Crippen LogP contribution in [0.15, 0.2) is 59.5 Å². The van der Waals surface area contributed by atoms with Crippen LogP contribution in [0.25, 0.3) is 6.08 Å². The molecule has 0 saturated carbocycles. The van der Waals surface area contributed by atoms with Gasteiger partial charge in [0.05, 0.1) is 0 Å². The number of benzene rings is 1. The van der Waals surface area contributed by atoms with Crippen molar-refractivity contribution in [1.29, 1.82) is 0 Å². The summed E-state index contributed by atoms with van der Waals surface area (Å²) in [6, 6.07) is 11.4. The number of rotatable bonds is 4. The van der Waals surface area contributed by atoms with Gasteiger partial charge >= 0.3 is 0 Å². The van der Waals surface area contributed by atoms with E-state index >= 15 is 0 Å². The van der Waals surface area contributed by atoms with E-state index in [1.54, 1.807) is 18.5 Å². The number of hydrogen-bond donors (Lipinski definition) is 1. The van der Waals surface area contributed by atoms with Crippen LogP contribution in [0.1, 0.15) is 17.5 Å². The highest BCUT2D eigenvalue weighted by molar-refractivity contribution is 6.30. The van der Waals surface area contributed by atoms with Crippen molar-refractivity contribution in [3.8, 4) is 0 Å². The third-order valence-electron chi connectivity index (χ3n) is 3.29. The Labute approximate surface area is 133 Å². The first-order chi connectivity index (χ1) is 10.7. The van der Waals surface area contributed by atoms with Gasteiger partial charge in [-0.1, -0.05) is 23.7 Å². The minimum atomic E-state index is -0.169. The second-order valence-corrected chi connectivity index (χ2v) is 5.39. The van der Waals surface area contributed by atoms with E-state index in [1.807, 2.05) is 36.4 Å². The first-order valence-corrected chi connectivity index (χ1v) is 7.33. The number of amidine groups is 1. The molecule has 0 aliphatic carbocycles. The molecule has 1 aromatic heterocycles. The summed E-state index contributed by atoms with van der Waals surface area (Å²) in [5.41, 5.74) is 2.45. The summed E-state index contributed by atoms with van der Waals surface area (Å²) < 4.78 is 0. The van der Waals surface area contributed by atoms with Crippen LogP contribution in [-0.4, -0.2) is 16.7 Å². The third kappa shape index (κ3) is 3.59. The third-order valence-corrected chi connectivity index (χ3v) is 3.53. The van der Waals surface area contributed by atoms with E-state index in [2.05, 4.69) is 15.3 Å². The van der Waals surface area contributed by atoms with Crippen molar-refractivity contribution in [1.82, 2.24) is 10.3 Å². The second kappa shape index (κ2) is 6.54. The summed E-state index contributed by atoms with van der Waals surface area (Å²) in [6.45, 7) is 0. The highest BCUT2D eigenvalue weighted by atomic mass is 35.5. The summed E-state index contributed by atoms with van der Waals surface area (Å²) in [5, 5.41) is 3.52.